The summed E-state index contributed by atoms with van der Waals surface area (Å²) in [6, 6.07) is 0.507. The summed E-state index contributed by atoms with van der Waals surface area (Å²) in [5.41, 5.74) is -0.516. The van der Waals surface area contributed by atoms with Crippen molar-refractivity contribution in [2.75, 3.05) is 6.54 Å². The van der Waals surface area contributed by atoms with E-state index in [1.807, 2.05) is 6.92 Å². The Hall–Kier alpha value is -0.0800. The highest BCUT2D eigenvalue weighted by Gasteiger charge is 2.26. The highest BCUT2D eigenvalue weighted by Crippen LogP contribution is 2.24. The van der Waals surface area contributed by atoms with Crippen LogP contribution in [0.3, 0.4) is 0 Å². The van der Waals surface area contributed by atoms with Gasteiger partial charge >= 0.3 is 0 Å². The standard InChI is InChI=1S/C12H27NO/c1-6-7-11(4)12(5,14)8-9-13-10(2)3/h10-11,13-14H,6-9H2,1-5H3. The van der Waals surface area contributed by atoms with E-state index in [-0.39, 0.29) is 0 Å². The highest BCUT2D eigenvalue weighted by atomic mass is 16.3. The largest absolute Gasteiger partial charge is 0.390 e. The molecule has 0 aliphatic heterocycles. The Balaban J connectivity index is 3.81. The molecule has 2 heteroatoms. The monoisotopic (exact) mass is 201 g/mol. The zero-order chi connectivity index (χ0) is 11.2. The predicted molar refractivity (Wildman–Crippen MR) is 62.5 cm³/mol. The first-order valence-corrected chi connectivity index (χ1v) is 5.86. The topological polar surface area (TPSA) is 32.3 Å². The van der Waals surface area contributed by atoms with Gasteiger partial charge in [0.2, 0.25) is 0 Å². The molecule has 0 aromatic carbocycles. The molecule has 0 fully saturated rings. The van der Waals surface area contributed by atoms with Gasteiger partial charge in [-0.15, -0.1) is 0 Å². The summed E-state index contributed by atoms with van der Waals surface area (Å²) in [7, 11) is 0. The molecule has 0 bridgehead atoms. The molecule has 0 aromatic rings. The van der Waals surface area contributed by atoms with Gasteiger partial charge in [0, 0.05) is 6.04 Å². The molecule has 0 rings (SSSR count). The van der Waals surface area contributed by atoms with Crippen LogP contribution in [-0.2, 0) is 0 Å². The molecular weight excluding hydrogens is 174 g/mol. The van der Waals surface area contributed by atoms with Crippen LogP contribution < -0.4 is 5.32 Å². The Labute approximate surface area is 89.1 Å². The molecule has 0 saturated carbocycles. The second-order valence-electron chi connectivity index (χ2n) is 4.91. The third-order valence-electron chi connectivity index (χ3n) is 2.97. The van der Waals surface area contributed by atoms with Gasteiger partial charge in [-0.2, -0.15) is 0 Å². The molecule has 2 nitrogen and oxygen atoms in total. The van der Waals surface area contributed by atoms with E-state index < -0.39 is 5.60 Å². The molecule has 14 heavy (non-hydrogen) atoms. The minimum Gasteiger partial charge on any atom is -0.390 e. The minimum atomic E-state index is -0.516. The van der Waals surface area contributed by atoms with E-state index in [2.05, 4.69) is 33.0 Å². The van der Waals surface area contributed by atoms with Crippen molar-refractivity contribution in [1.29, 1.82) is 0 Å². The van der Waals surface area contributed by atoms with Gasteiger partial charge in [0.15, 0.2) is 0 Å². The van der Waals surface area contributed by atoms with E-state index in [0.717, 1.165) is 25.8 Å². The Kier molecular flexibility index (Phi) is 6.38. The van der Waals surface area contributed by atoms with Gasteiger partial charge in [-0.25, -0.2) is 0 Å². The average Bonchev–Trinajstić information content (AvgIpc) is 2.03. The van der Waals surface area contributed by atoms with Crippen molar-refractivity contribution in [2.24, 2.45) is 5.92 Å². The lowest BCUT2D eigenvalue weighted by Crippen LogP contribution is -2.37. The predicted octanol–water partition coefficient (Wildman–Crippen LogP) is 2.56. The summed E-state index contributed by atoms with van der Waals surface area (Å²) in [5.74, 6) is 0.390. The van der Waals surface area contributed by atoms with Gasteiger partial charge in [-0.05, 0) is 32.2 Å². The van der Waals surface area contributed by atoms with Gasteiger partial charge < -0.3 is 10.4 Å². The van der Waals surface area contributed by atoms with Gasteiger partial charge in [-0.3, -0.25) is 0 Å². The molecule has 2 unspecified atom stereocenters. The fraction of sp³-hybridized carbons (Fsp3) is 1.00. The van der Waals surface area contributed by atoms with Crippen LogP contribution in [0.1, 0.15) is 53.9 Å². The Morgan fingerprint density at radius 3 is 2.29 bits per heavy atom. The van der Waals surface area contributed by atoms with E-state index in [1.54, 1.807) is 0 Å². The smallest absolute Gasteiger partial charge is 0.0657 e. The van der Waals surface area contributed by atoms with Gasteiger partial charge in [-0.1, -0.05) is 34.1 Å². The molecule has 0 aliphatic rings. The van der Waals surface area contributed by atoms with E-state index in [4.69, 9.17) is 0 Å². The van der Waals surface area contributed by atoms with Crippen molar-refractivity contribution < 1.29 is 5.11 Å². The maximum absolute atomic E-state index is 10.2. The van der Waals surface area contributed by atoms with Crippen LogP contribution in [0.2, 0.25) is 0 Å². The summed E-state index contributed by atoms with van der Waals surface area (Å²) in [6.07, 6.45) is 3.09. The zero-order valence-electron chi connectivity index (χ0n) is 10.4. The van der Waals surface area contributed by atoms with Crippen LogP contribution in [0.15, 0.2) is 0 Å². The van der Waals surface area contributed by atoms with Crippen LogP contribution >= 0.6 is 0 Å². The molecule has 0 aliphatic carbocycles. The van der Waals surface area contributed by atoms with Crippen molar-refractivity contribution in [3.8, 4) is 0 Å². The molecule has 0 radical (unpaired) electrons. The van der Waals surface area contributed by atoms with Crippen LogP contribution in [0, 0.1) is 5.92 Å². The van der Waals surface area contributed by atoms with Crippen LogP contribution in [0.25, 0.3) is 0 Å². The Morgan fingerprint density at radius 2 is 1.86 bits per heavy atom. The number of hydrogen-bond donors (Lipinski definition) is 2. The fourth-order valence-electron chi connectivity index (χ4n) is 1.60. The minimum absolute atomic E-state index is 0.390. The summed E-state index contributed by atoms with van der Waals surface area (Å²) >= 11 is 0. The van der Waals surface area contributed by atoms with Crippen molar-refractivity contribution in [3.05, 3.63) is 0 Å². The molecule has 0 saturated heterocycles. The molecule has 0 spiro atoms. The van der Waals surface area contributed by atoms with Crippen LogP contribution in [-0.4, -0.2) is 23.3 Å². The highest BCUT2D eigenvalue weighted by molar-refractivity contribution is 4.79. The van der Waals surface area contributed by atoms with Crippen molar-refractivity contribution in [2.45, 2.75) is 65.5 Å². The van der Waals surface area contributed by atoms with Crippen LogP contribution in [0.5, 0.6) is 0 Å². The Bertz CT molecular complexity index is 143. The molecule has 0 amide bonds. The SMILES string of the molecule is CCCC(C)C(C)(O)CCNC(C)C. The first-order chi connectivity index (χ1) is 6.40. The molecule has 2 atom stereocenters. The Morgan fingerprint density at radius 1 is 1.29 bits per heavy atom. The molecular formula is C12H27NO. The quantitative estimate of drug-likeness (QED) is 0.663. The third kappa shape index (κ3) is 5.61. The number of hydrogen-bond acceptors (Lipinski definition) is 2. The lowest BCUT2D eigenvalue weighted by atomic mass is 9.84. The number of rotatable bonds is 7. The fourth-order valence-corrected chi connectivity index (χ4v) is 1.60. The number of aliphatic hydroxyl groups is 1. The molecule has 0 heterocycles. The molecule has 86 valence electrons. The van der Waals surface area contributed by atoms with E-state index in [0.29, 0.717) is 12.0 Å². The van der Waals surface area contributed by atoms with Crippen LogP contribution in [0.4, 0.5) is 0 Å². The van der Waals surface area contributed by atoms with Gasteiger partial charge in [0.05, 0.1) is 5.60 Å². The van der Waals surface area contributed by atoms with E-state index in [1.165, 1.54) is 0 Å². The zero-order valence-corrected chi connectivity index (χ0v) is 10.4. The maximum atomic E-state index is 10.2. The third-order valence-corrected chi connectivity index (χ3v) is 2.97. The number of nitrogens with one attached hydrogen (secondary N) is 1. The van der Waals surface area contributed by atoms with Crippen molar-refractivity contribution in [3.63, 3.8) is 0 Å². The summed E-state index contributed by atoms with van der Waals surface area (Å²) in [6.45, 7) is 11.4. The van der Waals surface area contributed by atoms with E-state index >= 15 is 0 Å². The molecule has 2 N–H and O–H groups in total. The van der Waals surface area contributed by atoms with Crippen molar-refractivity contribution in [1.82, 2.24) is 5.32 Å². The second kappa shape index (κ2) is 6.41. The van der Waals surface area contributed by atoms with Gasteiger partial charge in [0.25, 0.3) is 0 Å². The first-order valence-electron chi connectivity index (χ1n) is 5.86. The lowest BCUT2D eigenvalue weighted by Gasteiger charge is -2.30. The molecule has 0 aromatic heterocycles. The summed E-state index contributed by atoms with van der Waals surface area (Å²) in [4.78, 5) is 0. The normalized spacial score (nSPS) is 18.2. The summed E-state index contributed by atoms with van der Waals surface area (Å²) in [5, 5.41) is 13.5. The first kappa shape index (κ1) is 13.9. The lowest BCUT2D eigenvalue weighted by molar-refractivity contribution is -0.00506. The average molecular weight is 201 g/mol. The van der Waals surface area contributed by atoms with E-state index in [9.17, 15) is 5.11 Å². The maximum Gasteiger partial charge on any atom is 0.0657 e. The van der Waals surface area contributed by atoms with Crippen molar-refractivity contribution >= 4 is 0 Å². The van der Waals surface area contributed by atoms with Gasteiger partial charge in [0.1, 0.15) is 0 Å². The summed E-state index contributed by atoms with van der Waals surface area (Å²) < 4.78 is 0. The second-order valence-corrected chi connectivity index (χ2v) is 4.91.